The van der Waals surface area contributed by atoms with Gasteiger partial charge < -0.3 is 10.0 Å². The first-order valence-corrected chi connectivity index (χ1v) is 9.69. The fraction of sp³-hybridized carbons (Fsp3) is 0.647. The number of rotatable bonds is 3. The second-order valence-electron chi connectivity index (χ2n) is 6.92. The standard InChI is InChI=1S/C17H24N4O3S/c1-10(22)21-12-9-18-16(25-4)19-13(12)17(24,11-7-5-6-8-11)14(21)15(23)20(2)3/h9,11,14,24H,5-8H2,1-4H3. The normalized spacial score (nSPS) is 26.0. The van der Waals surface area contributed by atoms with Crippen molar-refractivity contribution >= 4 is 29.3 Å². The summed E-state index contributed by atoms with van der Waals surface area (Å²) in [7, 11) is 3.27. The van der Waals surface area contributed by atoms with Gasteiger partial charge in [-0.2, -0.15) is 0 Å². The number of nitrogens with zero attached hydrogens (tertiary/aromatic N) is 4. The Balaban J connectivity index is 2.23. The van der Waals surface area contributed by atoms with E-state index in [2.05, 4.69) is 9.97 Å². The monoisotopic (exact) mass is 364 g/mol. The molecule has 0 saturated heterocycles. The van der Waals surface area contributed by atoms with Crippen molar-refractivity contribution in [1.29, 1.82) is 0 Å². The summed E-state index contributed by atoms with van der Waals surface area (Å²) in [6, 6.07) is -0.996. The van der Waals surface area contributed by atoms with Crippen LogP contribution in [0.25, 0.3) is 0 Å². The SMILES string of the molecule is CSc1ncc2c(n1)C(O)(C1CCCC1)C(C(=O)N(C)C)N2C(C)=O. The van der Waals surface area contributed by atoms with Crippen molar-refractivity contribution in [1.82, 2.24) is 14.9 Å². The molecule has 2 amide bonds. The van der Waals surface area contributed by atoms with Gasteiger partial charge in [-0.15, -0.1) is 0 Å². The van der Waals surface area contributed by atoms with Crippen molar-refractivity contribution in [2.45, 2.75) is 49.4 Å². The van der Waals surface area contributed by atoms with Crippen LogP contribution in [0.4, 0.5) is 5.69 Å². The molecular weight excluding hydrogens is 340 g/mol. The Morgan fingerprint density at radius 2 is 2.00 bits per heavy atom. The lowest BCUT2D eigenvalue weighted by atomic mass is 9.78. The van der Waals surface area contributed by atoms with Crippen LogP contribution in [0.1, 0.15) is 38.3 Å². The zero-order valence-corrected chi connectivity index (χ0v) is 15.8. The van der Waals surface area contributed by atoms with E-state index in [9.17, 15) is 14.7 Å². The third kappa shape index (κ3) is 2.71. The van der Waals surface area contributed by atoms with E-state index in [-0.39, 0.29) is 17.7 Å². The lowest BCUT2D eigenvalue weighted by Gasteiger charge is -2.38. The highest BCUT2D eigenvalue weighted by Crippen LogP contribution is 2.52. The third-order valence-corrected chi connectivity index (χ3v) is 5.80. The van der Waals surface area contributed by atoms with Gasteiger partial charge in [0, 0.05) is 21.0 Å². The van der Waals surface area contributed by atoms with Crippen LogP contribution < -0.4 is 4.90 Å². The molecular formula is C17H24N4O3S. The number of anilines is 1. The van der Waals surface area contributed by atoms with Gasteiger partial charge in [-0.1, -0.05) is 24.6 Å². The van der Waals surface area contributed by atoms with E-state index in [1.54, 1.807) is 20.3 Å². The van der Waals surface area contributed by atoms with Gasteiger partial charge >= 0.3 is 0 Å². The number of amides is 2. The Morgan fingerprint density at radius 3 is 2.52 bits per heavy atom. The Labute approximate surface area is 151 Å². The number of aromatic nitrogens is 2. The van der Waals surface area contributed by atoms with Crippen LogP contribution in [-0.2, 0) is 15.2 Å². The molecule has 0 spiro atoms. The van der Waals surface area contributed by atoms with Crippen LogP contribution in [0, 0.1) is 5.92 Å². The zero-order chi connectivity index (χ0) is 18.4. The highest BCUT2D eigenvalue weighted by molar-refractivity contribution is 7.98. The topological polar surface area (TPSA) is 86.6 Å². The summed E-state index contributed by atoms with van der Waals surface area (Å²) in [6.45, 7) is 1.41. The van der Waals surface area contributed by atoms with Gasteiger partial charge in [-0.05, 0) is 25.0 Å². The van der Waals surface area contributed by atoms with E-state index in [0.29, 0.717) is 16.5 Å². The molecule has 25 heavy (non-hydrogen) atoms. The average molecular weight is 364 g/mol. The second-order valence-corrected chi connectivity index (χ2v) is 7.69. The Morgan fingerprint density at radius 1 is 1.36 bits per heavy atom. The summed E-state index contributed by atoms with van der Waals surface area (Å²) in [6.07, 6.45) is 7.06. The molecule has 136 valence electrons. The fourth-order valence-electron chi connectivity index (χ4n) is 4.07. The smallest absolute Gasteiger partial charge is 0.248 e. The van der Waals surface area contributed by atoms with Crippen LogP contribution in [0.3, 0.4) is 0 Å². The summed E-state index contributed by atoms with van der Waals surface area (Å²) in [5.74, 6) is -0.696. The predicted octanol–water partition coefficient (Wildman–Crippen LogP) is 1.40. The molecule has 0 bridgehead atoms. The van der Waals surface area contributed by atoms with Gasteiger partial charge in [0.25, 0.3) is 0 Å². The molecule has 1 aromatic heterocycles. The van der Waals surface area contributed by atoms with Crippen molar-refractivity contribution in [3.05, 3.63) is 11.9 Å². The van der Waals surface area contributed by atoms with E-state index in [1.807, 2.05) is 6.26 Å². The molecule has 1 saturated carbocycles. The highest BCUT2D eigenvalue weighted by atomic mass is 32.2. The summed E-state index contributed by atoms with van der Waals surface area (Å²) in [4.78, 5) is 36.9. The number of carbonyl (C=O) groups excluding carboxylic acids is 2. The highest BCUT2D eigenvalue weighted by Gasteiger charge is 2.60. The Kier molecular flexibility index (Phi) is 4.76. The van der Waals surface area contributed by atoms with E-state index in [0.717, 1.165) is 25.7 Å². The van der Waals surface area contributed by atoms with E-state index >= 15 is 0 Å². The van der Waals surface area contributed by atoms with Crippen molar-refractivity contribution in [2.24, 2.45) is 5.92 Å². The number of aliphatic hydroxyl groups is 1. The van der Waals surface area contributed by atoms with E-state index in [4.69, 9.17) is 0 Å². The van der Waals surface area contributed by atoms with Gasteiger partial charge in [0.15, 0.2) is 11.2 Å². The number of carbonyl (C=O) groups is 2. The molecule has 7 nitrogen and oxygen atoms in total. The van der Waals surface area contributed by atoms with E-state index in [1.165, 1.54) is 28.5 Å². The molecule has 3 rings (SSSR count). The first-order chi connectivity index (χ1) is 11.8. The average Bonchev–Trinajstić information content (AvgIpc) is 3.19. The van der Waals surface area contributed by atoms with Crippen LogP contribution >= 0.6 is 11.8 Å². The minimum absolute atomic E-state index is 0.103. The lowest BCUT2D eigenvalue weighted by Crippen LogP contribution is -2.58. The molecule has 2 unspecified atom stereocenters. The van der Waals surface area contributed by atoms with E-state index < -0.39 is 11.6 Å². The van der Waals surface area contributed by atoms with Crippen molar-refractivity contribution in [2.75, 3.05) is 25.3 Å². The van der Waals surface area contributed by atoms with Crippen LogP contribution in [-0.4, -0.2) is 58.2 Å². The maximum Gasteiger partial charge on any atom is 0.248 e. The maximum absolute atomic E-state index is 13.0. The summed E-state index contributed by atoms with van der Waals surface area (Å²) in [5.41, 5.74) is -0.624. The Hall–Kier alpha value is -1.67. The quantitative estimate of drug-likeness (QED) is 0.644. The number of hydrogen-bond donors (Lipinski definition) is 1. The molecule has 2 heterocycles. The minimum atomic E-state index is -1.48. The van der Waals surface area contributed by atoms with Gasteiger partial charge in [0.1, 0.15) is 11.3 Å². The first-order valence-electron chi connectivity index (χ1n) is 8.47. The summed E-state index contributed by atoms with van der Waals surface area (Å²) in [5, 5.41) is 12.3. The van der Waals surface area contributed by atoms with Crippen molar-refractivity contribution in [3.8, 4) is 0 Å². The minimum Gasteiger partial charge on any atom is -0.380 e. The van der Waals surface area contributed by atoms with Gasteiger partial charge in [0.2, 0.25) is 11.8 Å². The van der Waals surface area contributed by atoms with Crippen molar-refractivity contribution in [3.63, 3.8) is 0 Å². The molecule has 1 fully saturated rings. The van der Waals surface area contributed by atoms with Crippen molar-refractivity contribution < 1.29 is 14.7 Å². The third-order valence-electron chi connectivity index (χ3n) is 5.24. The molecule has 2 atom stereocenters. The van der Waals surface area contributed by atoms with Crippen LogP contribution in [0.15, 0.2) is 11.4 Å². The van der Waals surface area contributed by atoms with Crippen LogP contribution in [0.5, 0.6) is 0 Å². The van der Waals surface area contributed by atoms with Crippen LogP contribution in [0.2, 0.25) is 0 Å². The number of likely N-dealkylation sites (N-methyl/N-ethyl adjacent to an activating group) is 1. The number of hydrogen-bond acceptors (Lipinski definition) is 6. The second kappa shape index (κ2) is 6.57. The summed E-state index contributed by atoms with van der Waals surface area (Å²) >= 11 is 1.37. The zero-order valence-electron chi connectivity index (χ0n) is 15.0. The van der Waals surface area contributed by atoms with Gasteiger partial charge in [0.05, 0.1) is 11.9 Å². The number of thioether (sulfide) groups is 1. The lowest BCUT2D eigenvalue weighted by molar-refractivity contribution is -0.142. The molecule has 0 aromatic carbocycles. The summed E-state index contributed by atoms with van der Waals surface area (Å²) < 4.78 is 0. The number of fused-ring (bicyclic) bond motifs is 1. The molecule has 2 aliphatic rings. The largest absolute Gasteiger partial charge is 0.380 e. The molecule has 8 heteroatoms. The molecule has 1 aliphatic carbocycles. The Bertz CT molecular complexity index is 705. The first kappa shape index (κ1) is 18.1. The molecule has 1 N–H and O–H groups in total. The van der Waals surface area contributed by atoms with Gasteiger partial charge in [-0.25, -0.2) is 9.97 Å². The molecule has 1 aromatic rings. The fourth-order valence-corrected chi connectivity index (χ4v) is 4.41. The predicted molar refractivity (Wildman–Crippen MR) is 95.3 cm³/mol. The maximum atomic E-state index is 13.0. The van der Waals surface area contributed by atoms with Gasteiger partial charge in [-0.3, -0.25) is 14.5 Å². The molecule has 0 radical (unpaired) electrons. The molecule has 1 aliphatic heterocycles.